The fraction of sp³-hybridized carbons (Fsp3) is 0.438. The number of aryl methyl sites for hydroxylation is 1. The Bertz CT molecular complexity index is 647. The molecule has 6 nitrogen and oxygen atoms in total. The third-order valence-corrected chi connectivity index (χ3v) is 4.05. The number of halogens is 1. The molecular weight excluding hydrogens is 437 g/mol. The van der Waals surface area contributed by atoms with Crippen molar-refractivity contribution in [3.05, 3.63) is 40.0 Å². The standard InChI is InChI=1S/C16H23N5OS.HI/c1-4-17-16(19-8-6-15-20-10-12(2)23-15)21-11-13-5-7-18-14(9-13)22-3;/h5,7,9-10H,4,6,8,11H2,1-3H3,(H2,17,19,21);1H. The Hall–Kier alpha value is -1.42. The average Bonchev–Trinajstić information content (AvgIpc) is 2.98. The lowest BCUT2D eigenvalue weighted by molar-refractivity contribution is 0.397. The summed E-state index contributed by atoms with van der Waals surface area (Å²) < 4.78 is 5.13. The molecule has 2 rings (SSSR count). The molecule has 0 bridgehead atoms. The quantitative estimate of drug-likeness (QED) is 0.377. The number of nitrogens with one attached hydrogen (secondary N) is 2. The van der Waals surface area contributed by atoms with Crippen molar-refractivity contribution >= 4 is 41.3 Å². The second-order valence-electron chi connectivity index (χ2n) is 4.94. The Balaban J connectivity index is 0.00000288. The highest BCUT2D eigenvalue weighted by Gasteiger charge is 2.02. The minimum atomic E-state index is 0. The van der Waals surface area contributed by atoms with Crippen LogP contribution in [0.3, 0.4) is 0 Å². The Kier molecular flexibility index (Phi) is 9.62. The molecule has 0 amide bonds. The minimum Gasteiger partial charge on any atom is -0.481 e. The second-order valence-corrected chi connectivity index (χ2v) is 6.26. The van der Waals surface area contributed by atoms with Crippen LogP contribution in [-0.2, 0) is 13.0 Å². The lowest BCUT2D eigenvalue weighted by Gasteiger charge is -2.10. The highest BCUT2D eigenvalue weighted by atomic mass is 127. The van der Waals surface area contributed by atoms with Gasteiger partial charge in [0.15, 0.2) is 5.96 Å². The number of guanidine groups is 1. The molecule has 0 aromatic carbocycles. The molecule has 2 heterocycles. The molecule has 0 unspecified atom stereocenters. The fourth-order valence-electron chi connectivity index (χ4n) is 1.98. The first-order valence-electron chi connectivity index (χ1n) is 7.63. The summed E-state index contributed by atoms with van der Waals surface area (Å²) in [5, 5.41) is 7.73. The summed E-state index contributed by atoms with van der Waals surface area (Å²) >= 11 is 1.73. The maximum atomic E-state index is 5.13. The molecule has 24 heavy (non-hydrogen) atoms. The van der Waals surface area contributed by atoms with E-state index >= 15 is 0 Å². The monoisotopic (exact) mass is 461 g/mol. The molecule has 0 aliphatic carbocycles. The molecule has 132 valence electrons. The molecule has 0 aliphatic rings. The molecule has 0 fully saturated rings. The molecule has 0 saturated carbocycles. The molecule has 0 radical (unpaired) electrons. The van der Waals surface area contributed by atoms with Crippen LogP contribution in [0.15, 0.2) is 29.5 Å². The van der Waals surface area contributed by atoms with Crippen molar-refractivity contribution in [3.63, 3.8) is 0 Å². The van der Waals surface area contributed by atoms with E-state index in [0.717, 1.165) is 36.0 Å². The maximum absolute atomic E-state index is 5.13. The number of methoxy groups -OCH3 is 1. The zero-order chi connectivity index (χ0) is 16.5. The van der Waals surface area contributed by atoms with Gasteiger partial charge in [-0.2, -0.15) is 0 Å². The number of ether oxygens (including phenoxy) is 1. The van der Waals surface area contributed by atoms with Gasteiger partial charge in [0.05, 0.1) is 18.7 Å². The fourth-order valence-corrected chi connectivity index (χ4v) is 2.76. The number of nitrogens with zero attached hydrogens (tertiary/aromatic N) is 3. The van der Waals surface area contributed by atoms with Crippen LogP contribution >= 0.6 is 35.3 Å². The van der Waals surface area contributed by atoms with Gasteiger partial charge in [-0.3, -0.25) is 0 Å². The molecular formula is C16H24IN5OS. The molecule has 2 aromatic rings. The van der Waals surface area contributed by atoms with Gasteiger partial charge in [-0.25, -0.2) is 15.0 Å². The SMILES string of the molecule is CCNC(=NCc1ccnc(OC)c1)NCCc1ncc(C)s1.I. The van der Waals surface area contributed by atoms with Crippen LogP contribution in [-0.4, -0.2) is 36.1 Å². The molecule has 2 N–H and O–H groups in total. The van der Waals surface area contributed by atoms with Crippen molar-refractivity contribution in [2.75, 3.05) is 20.2 Å². The average molecular weight is 461 g/mol. The van der Waals surface area contributed by atoms with E-state index < -0.39 is 0 Å². The van der Waals surface area contributed by atoms with Crippen LogP contribution < -0.4 is 15.4 Å². The van der Waals surface area contributed by atoms with E-state index in [1.807, 2.05) is 18.3 Å². The summed E-state index contributed by atoms with van der Waals surface area (Å²) in [6.07, 6.45) is 4.54. The zero-order valence-electron chi connectivity index (χ0n) is 14.2. The van der Waals surface area contributed by atoms with E-state index in [-0.39, 0.29) is 24.0 Å². The highest BCUT2D eigenvalue weighted by molar-refractivity contribution is 14.0. The predicted octanol–water partition coefficient (Wildman–Crippen LogP) is 2.77. The summed E-state index contributed by atoms with van der Waals surface area (Å²) in [6.45, 7) is 6.32. The van der Waals surface area contributed by atoms with Gasteiger partial charge in [0.2, 0.25) is 5.88 Å². The van der Waals surface area contributed by atoms with Gasteiger partial charge in [-0.1, -0.05) is 0 Å². The van der Waals surface area contributed by atoms with Crippen LogP contribution in [0.5, 0.6) is 5.88 Å². The lowest BCUT2D eigenvalue weighted by atomic mass is 10.3. The van der Waals surface area contributed by atoms with Crippen molar-refractivity contribution < 1.29 is 4.74 Å². The Morgan fingerprint density at radius 2 is 2.17 bits per heavy atom. The van der Waals surface area contributed by atoms with Crippen LogP contribution in [0, 0.1) is 6.92 Å². The molecule has 2 aromatic heterocycles. The predicted molar refractivity (Wildman–Crippen MR) is 110 cm³/mol. The third kappa shape index (κ3) is 7.00. The van der Waals surface area contributed by atoms with Crippen molar-refractivity contribution in [1.82, 2.24) is 20.6 Å². The Morgan fingerprint density at radius 1 is 1.33 bits per heavy atom. The van der Waals surface area contributed by atoms with Gasteiger partial charge >= 0.3 is 0 Å². The minimum absolute atomic E-state index is 0. The van der Waals surface area contributed by atoms with Gasteiger partial charge in [-0.05, 0) is 25.5 Å². The van der Waals surface area contributed by atoms with E-state index in [1.165, 1.54) is 4.88 Å². The van der Waals surface area contributed by atoms with Gasteiger partial charge in [0.25, 0.3) is 0 Å². The zero-order valence-corrected chi connectivity index (χ0v) is 17.4. The lowest BCUT2D eigenvalue weighted by Crippen LogP contribution is -2.38. The second kappa shape index (κ2) is 11.2. The van der Waals surface area contributed by atoms with Gasteiger partial charge in [-0.15, -0.1) is 35.3 Å². The maximum Gasteiger partial charge on any atom is 0.213 e. The van der Waals surface area contributed by atoms with E-state index in [0.29, 0.717) is 12.4 Å². The number of rotatable bonds is 7. The molecule has 0 spiro atoms. The van der Waals surface area contributed by atoms with Crippen LogP contribution in [0.4, 0.5) is 0 Å². The van der Waals surface area contributed by atoms with Gasteiger partial charge in [0, 0.05) is 42.8 Å². The number of aromatic nitrogens is 2. The van der Waals surface area contributed by atoms with Crippen molar-refractivity contribution in [2.45, 2.75) is 26.8 Å². The first kappa shape index (κ1) is 20.6. The summed E-state index contributed by atoms with van der Waals surface area (Å²) in [5.41, 5.74) is 1.06. The molecule has 8 heteroatoms. The molecule has 0 aliphatic heterocycles. The Morgan fingerprint density at radius 3 is 2.83 bits per heavy atom. The molecule has 0 saturated heterocycles. The summed E-state index contributed by atoms with van der Waals surface area (Å²) in [4.78, 5) is 14.3. The largest absolute Gasteiger partial charge is 0.481 e. The number of aliphatic imine (C=N–C) groups is 1. The summed E-state index contributed by atoms with van der Waals surface area (Å²) in [6, 6.07) is 3.83. The van der Waals surface area contributed by atoms with E-state index in [2.05, 4.69) is 39.4 Å². The van der Waals surface area contributed by atoms with Crippen LogP contribution in [0.25, 0.3) is 0 Å². The van der Waals surface area contributed by atoms with Gasteiger partial charge in [0.1, 0.15) is 0 Å². The van der Waals surface area contributed by atoms with E-state index in [9.17, 15) is 0 Å². The first-order valence-corrected chi connectivity index (χ1v) is 8.45. The van der Waals surface area contributed by atoms with Crippen LogP contribution in [0.2, 0.25) is 0 Å². The van der Waals surface area contributed by atoms with E-state index in [1.54, 1.807) is 24.6 Å². The van der Waals surface area contributed by atoms with Gasteiger partial charge < -0.3 is 15.4 Å². The van der Waals surface area contributed by atoms with Crippen LogP contribution in [0.1, 0.15) is 22.4 Å². The normalized spacial score (nSPS) is 10.9. The van der Waals surface area contributed by atoms with Crippen molar-refractivity contribution in [2.24, 2.45) is 4.99 Å². The van der Waals surface area contributed by atoms with Crippen molar-refractivity contribution in [1.29, 1.82) is 0 Å². The molecule has 0 atom stereocenters. The topological polar surface area (TPSA) is 71.4 Å². The number of pyridine rings is 1. The third-order valence-electron chi connectivity index (χ3n) is 3.07. The number of hydrogen-bond acceptors (Lipinski definition) is 5. The van der Waals surface area contributed by atoms with Crippen molar-refractivity contribution in [3.8, 4) is 5.88 Å². The number of hydrogen-bond donors (Lipinski definition) is 2. The number of thiazole rings is 1. The summed E-state index contributed by atoms with van der Waals surface area (Å²) in [5.74, 6) is 1.41. The first-order chi connectivity index (χ1) is 11.2. The Labute approximate surface area is 164 Å². The smallest absolute Gasteiger partial charge is 0.213 e. The highest BCUT2D eigenvalue weighted by Crippen LogP contribution is 2.11. The van der Waals surface area contributed by atoms with E-state index in [4.69, 9.17) is 4.74 Å². The summed E-state index contributed by atoms with van der Waals surface area (Å²) in [7, 11) is 1.61.